The number of ether oxygens (including phenoxy) is 1. The number of fused-ring (bicyclic) bond motifs is 7. The minimum atomic E-state index is 0.0263. The Morgan fingerprint density at radius 2 is 1.92 bits per heavy atom. The first-order valence-corrected chi connectivity index (χ1v) is 9.85. The summed E-state index contributed by atoms with van der Waals surface area (Å²) in [5.41, 5.74) is 1.88. The average Bonchev–Trinajstić information content (AvgIpc) is 3.03. The summed E-state index contributed by atoms with van der Waals surface area (Å²) < 4.78 is 5.79. The van der Waals surface area contributed by atoms with Gasteiger partial charge in [0.2, 0.25) is 0 Å². The van der Waals surface area contributed by atoms with Crippen LogP contribution >= 0.6 is 0 Å². The Balaban J connectivity index is 1.48. The SMILES string of the molecule is CC12CCC(=O)C=C1CCC1C2CCC2(C)C1CC1CC(=O)OC12. The van der Waals surface area contributed by atoms with E-state index >= 15 is 0 Å². The molecular weight excluding hydrogens is 300 g/mol. The fourth-order valence-corrected chi connectivity index (χ4v) is 7.52. The maximum atomic E-state index is 11.9. The van der Waals surface area contributed by atoms with E-state index in [9.17, 15) is 9.59 Å². The van der Waals surface area contributed by atoms with Crippen molar-refractivity contribution in [2.24, 2.45) is 34.5 Å². The van der Waals surface area contributed by atoms with Gasteiger partial charge in [-0.1, -0.05) is 19.4 Å². The number of ketones is 1. The van der Waals surface area contributed by atoms with Crippen molar-refractivity contribution in [2.45, 2.75) is 71.3 Å². The fourth-order valence-electron chi connectivity index (χ4n) is 7.52. The van der Waals surface area contributed by atoms with Gasteiger partial charge in [0.25, 0.3) is 0 Å². The standard InChI is InChI=1S/C21H28O3/c1-20-7-5-14(22)11-13(20)3-4-15-16(20)6-8-21(2)17(15)9-12-10-18(23)24-19(12)21/h11-12,15-17,19H,3-10H2,1-2H3. The van der Waals surface area contributed by atoms with Crippen LogP contribution in [0.15, 0.2) is 11.6 Å². The number of carbonyl (C=O) groups is 2. The lowest BCUT2D eigenvalue weighted by Gasteiger charge is -2.57. The van der Waals surface area contributed by atoms with E-state index in [1.165, 1.54) is 31.3 Å². The molecule has 3 nitrogen and oxygen atoms in total. The highest BCUT2D eigenvalue weighted by atomic mass is 16.6. The molecule has 5 rings (SSSR count). The third-order valence-electron chi connectivity index (χ3n) is 8.72. The van der Waals surface area contributed by atoms with Gasteiger partial charge in [0.05, 0.1) is 6.42 Å². The number of hydrogen-bond donors (Lipinski definition) is 0. The molecule has 7 atom stereocenters. The zero-order valence-corrected chi connectivity index (χ0v) is 14.8. The van der Waals surface area contributed by atoms with E-state index in [0.717, 1.165) is 31.1 Å². The highest BCUT2D eigenvalue weighted by Gasteiger charge is 2.64. The monoisotopic (exact) mass is 328 g/mol. The van der Waals surface area contributed by atoms with Gasteiger partial charge >= 0.3 is 5.97 Å². The molecule has 1 saturated heterocycles. The van der Waals surface area contributed by atoms with E-state index in [2.05, 4.69) is 13.8 Å². The molecule has 7 unspecified atom stereocenters. The summed E-state index contributed by atoms with van der Waals surface area (Å²) in [6.07, 6.45) is 10.5. The number of hydrogen-bond acceptors (Lipinski definition) is 3. The van der Waals surface area contributed by atoms with Crippen LogP contribution in [0.25, 0.3) is 0 Å². The van der Waals surface area contributed by atoms with E-state index in [-0.39, 0.29) is 22.9 Å². The van der Waals surface area contributed by atoms with Crippen LogP contribution < -0.4 is 0 Å². The molecule has 24 heavy (non-hydrogen) atoms. The van der Waals surface area contributed by atoms with Crippen molar-refractivity contribution in [2.75, 3.05) is 0 Å². The summed E-state index contributed by atoms with van der Waals surface area (Å²) in [5, 5.41) is 0. The molecule has 4 aliphatic carbocycles. The van der Waals surface area contributed by atoms with E-state index in [4.69, 9.17) is 4.74 Å². The Hall–Kier alpha value is -1.12. The second kappa shape index (κ2) is 4.74. The smallest absolute Gasteiger partial charge is 0.306 e. The summed E-state index contributed by atoms with van der Waals surface area (Å²) in [7, 11) is 0. The normalized spacial score (nSPS) is 52.8. The van der Waals surface area contributed by atoms with Gasteiger partial charge in [0, 0.05) is 17.8 Å². The molecule has 0 aromatic carbocycles. The minimum absolute atomic E-state index is 0.0263. The van der Waals surface area contributed by atoms with Crippen LogP contribution in [0.5, 0.6) is 0 Å². The molecule has 0 spiro atoms. The van der Waals surface area contributed by atoms with Crippen molar-refractivity contribution in [1.29, 1.82) is 0 Å². The molecule has 1 heterocycles. The third-order valence-corrected chi connectivity index (χ3v) is 8.72. The number of carbonyl (C=O) groups excluding carboxylic acids is 2. The van der Waals surface area contributed by atoms with Gasteiger partial charge in [-0.05, 0) is 67.8 Å². The third kappa shape index (κ3) is 1.79. The van der Waals surface area contributed by atoms with Gasteiger partial charge < -0.3 is 4.74 Å². The maximum absolute atomic E-state index is 11.9. The van der Waals surface area contributed by atoms with E-state index in [1.807, 2.05) is 6.08 Å². The number of rotatable bonds is 0. The van der Waals surface area contributed by atoms with Gasteiger partial charge in [0.15, 0.2) is 5.78 Å². The summed E-state index contributed by atoms with van der Waals surface area (Å²) in [5.74, 6) is 3.00. The fraction of sp³-hybridized carbons (Fsp3) is 0.810. The number of esters is 1. The van der Waals surface area contributed by atoms with Crippen molar-refractivity contribution in [3.05, 3.63) is 11.6 Å². The zero-order valence-electron chi connectivity index (χ0n) is 14.8. The molecule has 130 valence electrons. The number of allylic oxidation sites excluding steroid dienone is 1. The van der Waals surface area contributed by atoms with Gasteiger partial charge in [-0.3, -0.25) is 9.59 Å². The first-order valence-electron chi connectivity index (χ1n) is 9.85. The molecular formula is C21H28O3. The molecule has 0 bridgehead atoms. The Morgan fingerprint density at radius 1 is 1.08 bits per heavy atom. The lowest BCUT2D eigenvalue weighted by molar-refractivity contribution is -0.151. The van der Waals surface area contributed by atoms with Gasteiger partial charge in [0.1, 0.15) is 6.10 Å². The molecule has 3 heteroatoms. The summed E-state index contributed by atoms with van der Waals surface area (Å²) >= 11 is 0. The van der Waals surface area contributed by atoms with Crippen LogP contribution in [-0.2, 0) is 14.3 Å². The predicted octanol–water partition coefficient (Wildman–Crippen LogP) is 4.06. The van der Waals surface area contributed by atoms with Gasteiger partial charge in [-0.2, -0.15) is 0 Å². The molecule has 5 aliphatic rings. The van der Waals surface area contributed by atoms with Crippen molar-refractivity contribution in [1.82, 2.24) is 0 Å². The summed E-state index contributed by atoms with van der Waals surface area (Å²) in [6, 6.07) is 0. The molecule has 3 saturated carbocycles. The second-order valence-corrected chi connectivity index (χ2v) is 9.62. The molecule has 0 aromatic heterocycles. The van der Waals surface area contributed by atoms with Crippen LogP contribution in [0.3, 0.4) is 0 Å². The van der Waals surface area contributed by atoms with Crippen LogP contribution in [0.2, 0.25) is 0 Å². The Bertz CT molecular complexity index is 649. The molecule has 0 aromatic rings. The van der Waals surface area contributed by atoms with Crippen LogP contribution in [0.4, 0.5) is 0 Å². The van der Waals surface area contributed by atoms with Crippen LogP contribution in [0.1, 0.15) is 65.2 Å². The quantitative estimate of drug-likeness (QED) is 0.630. The van der Waals surface area contributed by atoms with E-state index < -0.39 is 0 Å². The van der Waals surface area contributed by atoms with Gasteiger partial charge in [-0.15, -0.1) is 0 Å². The Morgan fingerprint density at radius 3 is 2.75 bits per heavy atom. The van der Waals surface area contributed by atoms with Crippen LogP contribution in [-0.4, -0.2) is 17.9 Å². The van der Waals surface area contributed by atoms with E-state index in [0.29, 0.717) is 24.0 Å². The van der Waals surface area contributed by atoms with Gasteiger partial charge in [-0.25, -0.2) is 0 Å². The molecule has 0 radical (unpaired) electrons. The first kappa shape index (κ1) is 15.2. The second-order valence-electron chi connectivity index (χ2n) is 9.62. The lowest BCUT2D eigenvalue weighted by atomic mass is 9.47. The van der Waals surface area contributed by atoms with E-state index in [1.54, 1.807) is 0 Å². The maximum Gasteiger partial charge on any atom is 0.306 e. The highest BCUT2D eigenvalue weighted by Crippen LogP contribution is 2.67. The molecule has 1 aliphatic heterocycles. The largest absolute Gasteiger partial charge is 0.461 e. The topological polar surface area (TPSA) is 43.4 Å². The predicted molar refractivity (Wildman–Crippen MR) is 90.1 cm³/mol. The first-order chi connectivity index (χ1) is 11.4. The molecule has 0 amide bonds. The van der Waals surface area contributed by atoms with Crippen molar-refractivity contribution in [3.63, 3.8) is 0 Å². The van der Waals surface area contributed by atoms with Crippen molar-refractivity contribution >= 4 is 11.8 Å². The molecule has 0 N–H and O–H groups in total. The van der Waals surface area contributed by atoms with Crippen molar-refractivity contribution < 1.29 is 14.3 Å². The van der Waals surface area contributed by atoms with Crippen molar-refractivity contribution in [3.8, 4) is 0 Å². The summed E-state index contributed by atoms with van der Waals surface area (Å²) in [6.45, 7) is 4.83. The average molecular weight is 328 g/mol. The Kier molecular flexibility index (Phi) is 2.99. The minimum Gasteiger partial charge on any atom is -0.461 e. The van der Waals surface area contributed by atoms with Crippen LogP contribution in [0, 0.1) is 34.5 Å². The lowest BCUT2D eigenvalue weighted by Crippen LogP contribution is -2.51. The zero-order chi connectivity index (χ0) is 16.7. The summed E-state index contributed by atoms with van der Waals surface area (Å²) in [4.78, 5) is 23.7. The highest BCUT2D eigenvalue weighted by molar-refractivity contribution is 5.91. The molecule has 4 fully saturated rings. The Labute approximate surface area is 144 Å².